The monoisotopic (exact) mass is 352 g/mol. The lowest BCUT2D eigenvalue weighted by Crippen LogP contribution is -2.54. The summed E-state index contributed by atoms with van der Waals surface area (Å²) in [7, 11) is 2.98. The molecule has 1 aliphatic heterocycles. The Kier molecular flexibility index (Phi) is 4.70. The highest BCUT2D eigenvalue weighted by atomic mass is 16.5. The Morgan fingerprint density at radius 2 is 1.62 bits per heavy atom. The molecule has 1 heterocycles. The van der Waals surface area contributed by atoms with Crippen molar-refractivity contribution in [2.45, 2.75) is 0 Å². The van der Waals surface area contributed by atoms with Crippen LogP contribution in [-0.4, -0.2) is 32.1 Å². The summed E-state index contributed by atoms with van der Waals surface area (Å²) in [4.78, 5) is 38.1. The van der Waals surface area contributed by atoms with Crippen LogP contribution in [0.25, 0.3) is 6.08 Å². The lowest BCUT2D eigenvalue weighted by atomic mass is 10.1. The van der Waals surface area contributed by atoms with Crippen LogP contribution in [0.2, 0.25) is 0 Å². The first kappa shape index (κ1) is 17.2. The maximum atomic E-state index is 12.8. The smallest absolute Gasteiger partial charge is 0.336 e. The van der Waals surface area contributed by atoms with Crippen LogP contribution in [0.1, 0.15) is 5.56 Å². The summed E-state index contributed by atoms with van der Waals surface area (Å²) in [6.07, 6.45) is 1.42. The maximum Gasteiger partial charge on any atom is 0.336 e. The SMILES string of the molecule is COc1ccc(/C=C2/C(=O)NC(=O)N(c3ccccc3OC)C2=O)cc1. The molecule has 26 heavy (non-hydrogen) atoms. The highest BCUT2D eigenvalue weighted by Crippen LogP contribution is 2.30. The number of carbonyl (C=O) groups excluding carboxylic acids is 3. The van der Waals surface area contributed by atoms with Crippen molar-refractivity contribution < 1.29 is 23.9 Å². The van der Waals surface area contributed by atoms with E-state index in [9.17, 15) is 14.4 Å². The number of anilines is 1. The zero-order valence-electron chi connectivity index (χ0n) is 14.2. The Morgan fingerprint density at radius 1 is 0.923 bits per heavy atom. The number of methoxy groups -OCH3 is 2. The first-order valence-corrected chi connectivity index (χ1v) is 7.73. The summed E-state index contributed by atoms with van der Waals surface area (Å²) in [5, 5.41) is 2.18. The van der Waals surface area contributed by atoms with E-state index >= 15 is 0 Å². The van der Waals surface area contributed by atoms with E-state index in [0.717, 1.165) is 4.90 Å². The van der Waals surface area contributed by atoms with Crippen molar-refractivity contribution in [2.75, 3.05) is 19.1 Å². The van der Waals surface area contributed by atoms with Crippen molar-refractivity contribution >= 4 is 29.6 Å². The lowest BCUT2D eigenvalue weighted by Gasteiger charge is -2.27. The second kappa shape index (κ2) is 7.10. The first-order chi connectivity index (χ1) is 12.5. The number of benzene rings is 2. The average Bonchev–Trinajstić information content (AvgIpc) is 2.66. The van der Waals surface area contributed by atoms with E-state index in [1.807, 2.05) is 0 Å². The lowest BCUT2D eigenvalue weighted by molar-refractivity contribution is -0.122. The number of carbonyl (C=O) groups is 3. The van der Waals surface area contributed by atoms with Gasteiger partial charge in [0.15, 0.2) is 0 Å². The van der Waals surface area contributed by atoms with Crippen molar-refractivity contribution in [2.24, 2.45) is 0 Å². The van der Waals surface area contributed by atoms with Crippen molar-refractivity contribution in [1.82, 2.24) is 5.32 Å². The molecule has 4 amide bonds. The van der Waals surface area contributed by atoms with Gasteiger partial charge in [0.2, 0.25) is 0 Å². The van der Waals surface area contributed by atoms with Crippen molar-refractivity contribution in [3.05, 3.63) is 59.7 Å². The summed E-state index contributed by atoms with van der Waals surface area (Å²) in [5.74, 6) is -0.479. The third kappa shape index (κ3) is 3.14. The molecular formula is C19H16N2O5. The number of urea groups is 1. The highest BCUT2D eigenvalue weighted by Gasteiger charge is 2.37. The number of para-hydroxylation sites is 2. The minimum Gasteiger partial charge on any atom is -0.497 e. The molecule has 0 spiro atoms. The number of nitrogens with one attached hydrogen (secondary N) is 1. The van der Waals surface area contributed by atoms with Crippen LogP contribution < -0.4 is 19.7 Å². The van der Waals surface area contributed by atoms with Gasteiger partial charge in [0.1, 0.15) is 17.1 Å². The molecule has 3 rings (SSSR count). The van der Waals surface area contributed by atoms with Gasteiger partial charge in [-0.3, -0.25) is 14.9 Å². The number of rotatable bonds is 4. The molecule has 132 valence electrons. The van der Waals surface area contributed by atoms with Gasteiger partial charge < -0.3 is 9.47 Å². The predicted molar refractivity (Wildman–Crippen MR) is 95.0 cm³/mol. The van der Waals surface area contributed by atoms with Crippen LogP contribution in [0.4, 0.5) is 10.5 Å². The molecule has 0 aliphatic carbocycles. The molecule has 0 radical (unpaired) electrons. The van der Waals surface area contributed by atoms with Crippen LogP contribution in [0.5, 0.6) is 11.5 Å². The molecule has 7 nitrogen and oxygen atoms in total. The number of nitrogens with zero attached hydrogens (tertiary/aromatic N) is 1. The zero-order chi connectivity index (χ0) is 18.7. The van der Waals surface area contributed by atoms with E-state index in [4.69, 9.17) is 9.47 Å². The Labute approximate surface area is 149 Å². The molecule has 0 atom stereocenters. The number of barbiturate groups is 1. The zero-order valence-corrected chi connectivity index (χ0v) is 14.2. The van der Waals surface area contributed by atoms with E-state index < -0.39 is 17.8 Å². The van der Waals surface area contributed by atoms with E-state index in [1.54, 1.807) is 55.6 Å². The van der Waals surface area contributed by atoms with E-state index in [-0.39, 0.29) is 11.3 Å². The average molecular weight is 352 g/mol. The normalized spacial score (nSPS) is 15.8. The van der Waals surface area contributed by atoms with E-state index in [0.29, 0.717) is 17.1 Å². The fraction of sp³-hybridized carbons (Fsp3) is 0.105. The van der Waals surface area contributed by atoms with Crippen molar-refractivity contribution in [3.8, 4) is 11.5 Å². The van der Waals surface area contributed by atoms with Crippen LogP contribution in [0, 0.1) is 0 Å². The molecule has 0 aromatic heterocycles. The van der Waals surface area contributed by atoms with Gasteiger partial charge in [-0.05, 0) is 35.9 Å². The molecule has 0 bridgehead atoms. The fourth-order valence-corrected chi connectivity index (χ4v) is 2.56. The Balaban J connectivity index is 2.01. The summed E-state index contributed by atoms with van der Waals surface area (Å²) in [6.45, 7) is 0. The van der Waals surface area contributed by atoms with Crippen LogP contribution in [0.15, 0.2) is 54.1 Å². The van der Waals surface area contributed by atoms with Crippen LogP contribution in [0.3, 0.4) is 0 Å². The van der Waals surface area contributed by atoms with Crippen molar-refractivity contribution in [3.63, 3.8) is 0 Å². The van der Waals surface area contributed by atoms with Gasteiger partial charge in [-0.2, -0.15) is 0 Å². The Morgan fingerprint density at radius 3 is 2.27 bits per heavy atom. The second-order valence-electron chi connectivity index (χ2n) is 5.40. The van der Waals surface area contributed by atoms with Gasteiger partial charge in [-0.1, -0.05) is 24.3 Å². The minimum absolute atomic E-state index is 0.152. The van der Waals surface area contributed by atoms with Crippen molar-refractivity contribution in [1.29, 1.82) is 0 Å². The maximum absolute atomic E-state index is 12.8. The number of ether oxygens (including phenoxy) is 2. The van der Waals surface area contributed by atoms with Gasteiger partial charge in [0.05, 0.1) is 19.9 Å². The third-order valence-corrected chi connectivity index (χ3v) is 3.85. The molecule has 0 saturated carbocycles. The molecule has 2 aromatic carbocycles. The van der Waals surface area contributed by atoms with Gasteiger partial charge >= 0.3 is 6.03 Å². The topological polar surface area (TPSA) is 84.9 Å². The van der Waals surface area contributed by atoms with Gasteiger partial charge in [-0.25, -0.2) is 9.69 Å². The number of hydrogen-bond donors (Lipinski definition) is 1. The first-order valence-electron chi connectivity index (χ1n) is 7.73. The van der Waals surface area contributed by atoms with Gasteiger partial charge in [0, 0.05) is 0 Å². The second-order valence-corrected chi connectivity index (χ2v) is 5.40. The summed E-state index contributed by atoms with van der Waals surface area (Å²) >= 11 is 0. The molecule has 7 heteroatoms. The van der Waals surface area contributed by atoms with Gasteiger partial charge in [-0.15, -0.1) is 0 Å². The molecule has 1 saturated heterocycles. The van der Waals surface area contributed by atoms with E-state index in [1.165, 1.54) is 13.2 Å². The largest absolute Gasteiger partial charge is 0.497 e. The molecule has 0 unspecified atom stereocenters. The molecule has 1 aliphatic rings. The number of hydrogen-bond acceptors (Lipinski definition) is 5. The summed E-state index contributed by atoms with van der Waals surface area (Å²) in [6, 6.07) is 12.6. The van der Waals surface area contributed by atoms with E-state index in [2.05, 4.69) is 5.32 Å². The Hall–Kier alpha value is -3.61. The summed E-state index contributed by atoms with van der Waals surface area (Å²) in [5.41, 5.74) is 0.727. The number of amides is 4. The Bertz CT molecular complexity index is 902. The quantitative estimate of drug-likeness (QED) is 0.674. The fourth-order valence-electron chi connectivity index (χ4n) is 2.56. The highest BCUT2D eigenvalue weighted by molar-refractivity contribution is 6.39. The molecule has 1 fully saturated rings. The predicted octanol–water partition coefficient (Wildman–Crippen LogP) is 2.37. The molecular weight excluding hydrogens is 336 g/mol. The third-order valence-electron chi connectivity index (χ3n) is 3.85. The van der Waals surface area contributed by atoms with Crippen LogP contribution >= 0.6 is 0 Å². The molecule has 1 N–H and O–H groups in total. The van der Waals surface area contributed by atoms with Crippen LogP contribution in [-0.2, 0) is 9.59 Å². The molecule has 2 aromatic rings. The number of imide groups is 2. The standard InChI is InChI=1S/C19H16N2O5/c1-25-13-9-7-12(8-10-13)11-14-17(22)20-19(24)21(18(14)23)15-5-3-4-6-16(15)26-2/h3-11H,1-2H3,(H,20,22,24)/b14-11-. The summed E-state index contributed by atoms with van der Waals surface area (Å²) < 4.78 is 10.3. The van der Waals surface area contributed by atoms with Gasteiger partial charge in [0.25, 0.3) is 11.8 Å². The minimum atomic E-state index is -0.823.